The van der Waals surface area contributed by atoms with Gasteiger partial charge in [0, 0.05) is 18.3 Å². The molecular weight excluding hydrogens is 366 g/mol. The molecule has 0 fully saturated rings. The average Bonchev–Trinajstić information content (AvgIpc) is 2.70. The van der Waals surface area contributed by atoms with Gasteiger partial charge in [0.05, 0.1) is 20.2 Å². The molecule has 0 heterocycles. The van der Waals surface area contributed by atoms with Crippen LogP contribution in [-0.2, 0) is 16.1 Å². The predicted octanol–water partition coefficient (Wildman–Crippen LogP) is 1.89. The minimum Gasteiger partial charge on any atom is -0.494 e. The van der Waals surface area contributed by atoms with Crippen molar-refractivity contribution in [2.24, 2.45) is 0 Å². The number of quaternary nitrogens is 1. The van der Waals surface area contributed by atoms with Gasteiger partial charge in [0.1, 0.15) is 12.3 Å². The van der Waals surface area contributed by atoms with Crippen LogP contribution in [0.4, 0.5) is 5.69 Å². The quantitative estimate of drug-likeness (QED) is 0.678. The van der Waals surface area contributed by atoms with E-state index < -0.39 is 0 Å². The molecular formula is C23H32N3O3+. The van der Waals surface area contributed by atoms with Crippen molar-refractivity contribution in [3.05, 3.63) is 59.7 Å². The highest BCUT2D eigenvalue weighted by Gasteiger charge is 2.26. The lowest BCUT2D eigenvalue weighted by atomic mass is 10.1. The van der Waals surface area contributed by atoms with Crippen LogP contribution in [0.2, 0.25) is 0 Å². The summed E-state index contributed by atoms with van der Waals surface area (Å²) in [6.45, 7) is 7.21. The Morgan fingerprint density at radius 1 is 1.10 bits per heavy atom. The van der Waals surface area contributed by atoms with Crippen LogP contribution in [0.5, 0.6) is 5.75 Å². The molecule has 0 saturated heterocycles. The number of anilines is 1. The van der Waals surface area contributed by atoms with E-state index >= 15 is 0 Å². The first-order valence-corrected chi connectivity index (χ1v) is 9.95. The van der Waals surface area contributed by atoms with E-state index in [1.807, 2.05) is 76.3 Å². The Morgan fingerprint density at radius 3 is 2.31 bits per heavy atom. The number of nitrogens with zero attached hydrogens (tertiary/aromatic N) is 1. The van der Waals surface area contributed by atoms with Crippen LogP contribution < -0.4 is 15.0 Å². The second kappa shape index (κ2) is 10.6. The molecule has 0 aliphatic heterocycles. The van der Waals surface area contributed by atoms with E-state index in [-0.39, 0.29) is 24.4 Å². The predicted molar refractivity (Wildman–Crippen MR) is 115 cm³/mol. The number of hydrogen-bond donors (Lipinski definition) is 2. The van der Waals surface area contributed by atoms with E-state index in [1.54, 1.807) is 7.05 Å². The van der Waals surface area contributed by atoms with E-state index in [9.17, 15) is 9.59 Å². The van der Waals surface area contributed by atoms with Gasteiger partial charge >= 0.3 is 0 Å². The summed E-state index contributed by atoms with van der Waals surface area (Å²) < 4.78 is 5.46. The van der Waals surface area contributed by atoms with E-state index in [2.05, 4.69) is 5.32 Å². The molecule has 2 aromatic rings. The monoisotopic (exact) mass is 398 g/mol. The van der Waals surface area contributed by atoms with Crippen molar-refractivity contribution >= 4 is 17.5 Å². The highest BCUT2D eigenvalue weighted by Crippen LogP contribution is 2.11. The van der Waals surface area contributed by atoms with Crippen molar-refractivity contribution in [2.45, 2.75) is 33.4 Å². The zero-order chi connectivity index (χ0) is 21.4. The smallest absolute Gasteiger partial charge is 0.280 e. The number of hydrogen-bond acceptors (Lipinski definition) is 3. The molecule has 6 nitrogen and oxygen atoms in total. The van der Waals surface area contributed by atoms with Crippen LogP contribution in [0.3, 0.4) is 0 Å². The normalized spacial score (nSPS) is 12.7. The number of benzene rings is 2. The Kier molecular flexibility index (Phi) is 8.21. The first-order valence-electron chi connectivity index (χ1n) is 9.95. The summed E-state index contributed by atoms with van der Waals surface area (Å²) in [7, 11) is 3.65. The third-order valence-corrected chi connectivity index (χ3v) is 4.92. The van der Waals surface area contributed by atoms with E-state index in [1.165, 1.54) is 4.90 Å². The first-order chi connectivity index (χ1) is 13.8. The van der Waals surface area contributed by atoms with Gasteiger partial charge in [0.25, 0.3) is 5.91 Å². The van der Waals surface area contributed by atoms with Crippen LogP contribution in [0.15, 0.2) is 48.5 Å². The summed E-state index contributed by atoms with van der Waals surface area (Å²) in [6, 6.07) is 15.2. The van der Waals surface area contributed by atoms with Gasteiger partial charge in [0.15, 0.2) is 6.04 Å². The van der Waals surface area contributed by atoms with Crippen LogP contribution in [0, 0.1) is 6.92 Å². The average molecular weight is 399 g/mol. The number of carbonyl (C=O) groups excluding carboxylic acids is 2. The fraction of sp³-hybridized carbons (Fsp3) is 0.391. The van der Waals surface area contributed by atoms with Gasteiger partial charge in [0.2, 0.25) is 5.91 Å². The second-order valence-electron chi connectivity index (χ2n) is 7.43. The lowest BCUT2D eigenvalue weighted by Gasteiger charge is -2.25. The maximum Gasteiger partial charge on any atom is 0.280 e. The van der Waals surface area contributed by atoms with Crippen LogP contribution in [-0.4, -0.2) is 50.0 Å². The number of likely N-dealkylation sites (N-methyl/N-ethyl adjacent to an activating group) is 2. The molecule has 1 unspecified atom stereocenters. The standard InChI is InChI=1S/C23H31N3O3/c1-6-29-21-13-9-19(10-14-21)15-25(4)18(3)23(28)26(5)16-22(27)24-20-11-7-17(2)8-12-20/h7-14,18H,6,15-16H2,1-5H3,(H,24,27)/p+1/t18-/m1/s1. The largest absolute Gasteiger partial charge is 0.494 e. The molecule has 0 saturated carbocycles. The molecule has 0 bridgehead atoms. The Hall–Kier alpha value is -2.86. The molecule has 0 spiro atoms. The highest BCUT2D eigenvalue weighted by molar-refractivity contribution is 5.94. The van der Waals surface area contributed by atoms with Crippen LogP contribution in [0.1, 0.15) is 25.0 Å². The number of amides is 2. The first kappa shape index (κ1) is 22.4. The highest BCUT2D eigenvalue weighted by atomic mass is 16.5. The summed E-state index contributed by atoms with van der Waals surface area (Å²) in [5.41, 5.74) is 2.99. The molecule has 0 aliphatic rings. The van der Waals surface area contributed by atoms with Gasteiger partial charge in [-0.05, 0) is 57.2 Å². The number of aryl methyl sites for hydroxylation is 1. The van der Waals surface area contributed by atoms with Gasteiger partial charge in [-0.1, -0.05) is 17.7 Å². The van der Waals surface area contributed by atoms with Crippen molar-refractivity contribution in [1.82, 2.24) is 4.90 Å². The molecule has 2 aromatic carbocycles. The maximum atomic E-state index is 12.8. The summed E-state index contributed by atoms with van der Waals surface area (Å²) in [5.74, 6) is 0.575. The molecule has 2 amide bonds. The van der Waals surface area contributed by atoms with Gasteiger partial charge < -0.3 is 19.9 Å². The zero-order valence-electron chi connectivity index (χ0n) is 18.0. The SMILES string of the molecule is CCOc1ccc(C[NH+](C)[C@H](C)C(=O)N(C)CC(=O)Nc2ccc(C)cc2)cc1. The summed E-state index contributed by atoms with van der Waals surface area (Å²) in [5, 5.41) is 2.83. The minimum absolute atomic E-state index is 0.0212. The third-order valence-electron chi connectivity index (χ3n) is 4.92. The molecule has 0 aliphatic carbocycles. The Balaban J connectivity index is 1.86. The number of rotatable bonds is 9. The van der Waals surface area contributed by atoms with Gasteiger partial charge in [-0.3, -0.25) is 9.59 Å². The number of carbonyl (C=O) groups is 2. The number of nitrogens with one attached hydrogen (secondary N) is 2. The fourth-order valence-electron chi connectivity index (χ4n) is 3.02. The van der Waals surface area contributed by atoms with Gasteiger partial charge in [-0.2, -0.15) is 0 Å². The third kappa shape index (κ3) is 6.91. The van der Waals surface area contributed by atoms with Crippen molar-refractivity contribution in [3.63, 3.8) is 0 Å². The van der Waals surface area contributed by atoms with Crippen LogP contribution in [0.25, 0.3) is 0 Å². The molecule has 0 aromatic heterocycles. The Morgan fingerprint density at radius 2 is 1.72 bits per heavy atom. The molecule has 29 heavy (non-hydrogen) atoms. The number of ether oxygens (including phenoxy) is 1. The lowest BCUT2D eigenvalue weighted by Crippen LogP contribution is -3.12. The van der Waals surface area contributed by atoms with Crippen LogP contribution >= 0.6 is 0 Å². The Bertz CT molecular complexity index is 803. The summed E-state index contributed by atoms with van der Waals surface area (Å²) >= 11 is 0. The topological polar surface area (TPSA) is 63.1 Å². The van der Waals surface area contributed by atoms with Crippen molar-refractivity contribution in [2.75, 3.05) is 32.6 Å². The van der Waals surface area contributed by atoms with E-state index in [0.29, 0.717) is 13.2 Å². The van der Waals surface area contributed by atoms with E-state index in [4.69, 9.17) is 4.74 Å². The molecule has 2 atom stereocenters. The summed E-state index contributed by atoms with van der Waals surface area (Å²) in [4.78, 5) is 27.6. The molecule has 0 radical (unpaired) electrons. The molecule has 2 N–H and O–H groups in total. The van der Waals surface area contributed by atoms with Gasteiger partial charge in [-0.25, -0.2) is 0 Å². The second-order valence-corrected chi connectivity index (χ2v) is 7.43. The van der Waals surface area contributed by atoms with Gasteiger partial charge in [-0.15, -0.1) is 0 Å². The maximum absolute atomic E-state index is 12.8. The lowest BCUT2D eigenvalue weighted by molar-refractivity contribution is -0.908. The van der Waals surface area contributed by atoms with Crippen molar-refractivity contribution < 1.29 is 19.2 Å². The fourth-order valence-corrected chi connectivity index (χ4v) is 3.02. The van der Waals surface area contributed by atoms with Crippen molar-refractivity contribution in [3.8, 4) is 5.75 Å². The summed E-state index contributed by atoms with van der Waals surface area (Å²) in [6.07, 6.45) is 0. The molecule has 156 valence electrons. The molecule has 2 rings (SSSR count). The van der Waals surface area contributed by atoms with Crippen molar-refractivity contribution in [1.29, 1.82) is 0 Å². The Labute approximate surface area is 173 Å². The zero-order valence-corrected chi connectivity index (χ0v) is 18.0. The molecule has 6 heteroatoms. The minimum atomic E-state index is -0.265. The van der Waals surface area contributed by atoms with E-state index in [0.717, 1.165) is 27.5 Å².